The zero-order chi connectivity index (χ0) is 21.5. The van der Waals surface area contributed by atoms with Gasteiger partial charge < -0.3 is 10.5 Å². The lowest BCUT2D eigenvalue weighted by atomic mass is 10.1. The molecule has 0 aliphatic rings. The van der Waals surface area contributed by atoms with Crippen LogP contribution in [0.2, 0.25) is 0 Å². The molecular formula is C19H13F3N4O2S2. The van der Waals surface area contributed by atoms with E-state index in [0.29, 0.717) is 16.4 Å². The highest BCUT2D eigenvalue weighted by Crippen LogP contribution is 2.43. The number of nitrogen functional groups attached to an aromatic ring is 1. The monoisotopic (exact) mass is 450 g/mol. The molecule has 154 valence electrons. The zero-order valence-corrected chi connectivity index (χ0v) is 16.9. The van der Waals surface area contributed by atoms with Crippen LogP contribution >= 0.6 is 22.7 Å². The van der Waals surface area contributed by atoms with E-state index in [9.17, 15) is 18.0 Å². The molecule has 0 atom stereocenters. The van der Waals surface area contributed by atoms with Gasteiger partial charge in [0.15, 0.2) is 5.13 Å². The average molecular weight is 450 g/mol. The number of pyridine rings is 1. The van der Waals surface area contributed by atoms with Gasteiger partial charge in [0.05, 0.1) is 24.1 Å². The van der Waals surface area contributed by atoms with Gasteiger partial charge >= 0.3 is 6.18 Å². The number of nitrogens with one attached hydrogen (secondary N) is 1. The molecule has 11 heteroatoms. The van der Waals surface area contributed by atoms with Crippen LogP contribution in [-0.4, -0.2) is 23.0 Å². The number of nitrogens with two attached hydrogens (primary N) is 1. The van der Waals surface area contributed by atoms with E-state index < -0.39 is 17.6 Å². The first kappa shape index (κ1) is 20.1. The van der Waals surface area contributed by atoms with Crippen molar-refractivity contribution in [2.45, 2.75) is 6.18 Å². The SMILES string of the molecule is COc1ccc(-c2cc(C(F)(F)F)c3c(N)c(C(=O)Nc4nccs4)sc3n2)cc1. The fraction of sp³-hybridized carbons (Fsp3) is 0.105. The first-order valence-corrected chi connectivity index (χ1v) is 10.1. The molecule has 1 amide bonds. The Morgan fingerprint density at radius 2 is 1.97 bits per heavy atom. The molecule has 6 nitrogen and oxygen atoms in total. The standard InChI is InChI=1S/C19H13F3N4O2S2/c1-28-10-4-2-9(3-5-10)12-8-11(19(20,21)22)13-14(23)15(30-17(13)25-12)16(27)26-18-24-6-7-29-18/h2-8H,23H2,1H3,(H,24,26,27). The third-order valence-electron chi connectivity index (χ3n) is 4.25. The van der Waals surface area contributed by atoms with Crippen LogP contribution in [0.4, 0.5) is 24.0 Å². The van der Waals surface area contributed by atoms with Gasteiger partial charge in [-0.15, -0.1) is 22.7 Å². The number of thiazole rings is 1. The Labute approximate surface area is 176 Å². The van der Waals surface area contributed by atoms with Crippen molar-refractivity contribution in [3.8, 4) is 17.0 Å². The van der Waals surface area contributed by atoms with E-state index in [2.05, 4.69) is 15.3 Å². The predicted molar refractivity (Wildman–Crippen MR) is 111 cm³/mol. The second-order valence-electron chi connectivity index (χ2n) is 6.10. The summed E-state index contributed by atoms with van der Waals surface area (Å²) in [5, 5.41) is 4.23. The number of hydrogen-bond acceptors (Lipinski definition) is 7. The number of nitrogens with zero attached hydrogens (tertiary/aromatic N) is 2. The Balaban J connectivity index is 1.86. The van der Waals surface area contributed by atoms with E-state index in [-0.39, 0.29) is 26.5 Å². The molecule has 3 aromatic heterocycles. The van der Waals surface area contributed by atoms with E-state index in [1.165, 1.54) is 24.6 Å². The molecule has 0 fully saturated rings. The summed E-state index contributed by atoms with van der Waals surface area (Å²) in [6, 6.07) is 7.42. The number of aromatic nitrogens is 2. The van der Waals surface area contributed by atoms with E-state index in [4.69, 9.17) is 10.5 Å². The Bertz CT molecular complexity index is 1220. The van der Waals surface area contributed by atoms with Crippen molar-refractivity contribution in [1.82, 2.24) is 9.97 Å². The molecule has 1 aromatic carbocycles. The molecule has 0 unspecified atom stereocenters. The second-order valence-corrected chi connectivity index (χ2v) is 7.99. The fourth-order valence-corrected chi connectivity index (χ4v) is 4.40. The number of amides is 1. The van der Waals surface area contributed by atoms with Crippen LogP contribution in [0.3, 0.4) is 0 Å². The summed E-state index contributed by atoms with van der Waals surface area (Å²) in [7, 11) is 1.49. The lowest BCUT2D eigenvalue weighted by molar-refractivity contribution is -0.136. The zero-order valence-electron chi connectivity index (χ0n) is 15.3. The Kier molecular flexibility index (Phi) is 5.08. The summed E-state index contributed by atoms with van der Waals surface area (Å²) in [4.78, 5) is 20.8. The maximum atomic E-state index is 13.8. The number of hydrogen-bond donors (Lipinski definition) is 2. The average Bonchev–Trinajstić information content (AvgIpc) is 3.34. The van der Waals surface area contributed by atoms with Crippen molar-refractivity contribution in [3.05, 3.63) is 52.3 Å². The number of benzene rings is 1. The number of rotatable bonds is 4. The molecule has 0 spiro atoms. The van der Waals surface area contributed by atoms with Crippen molar-refractivity contribution >= 4 is 49.6 Å². The Morgan fingerprint density at radius 3 is 2.57 bits per heavy atom. The number of methoxy groups -OCH3 is 1. The summed E-state index contributed by atoms with van der Waals surface area (Å²) in [6.07, 6.45) is -3.18. The minimum absolute atomic E-state index is 0.0254. The number of carbonyl (C=O) groups excluding carboxylic acids is 1. The van der Waals surface area contributed by atoms with Crippen LogP contribution in [0, 0.1) is 0 Å². The normalized spacial score (nSPS) is 11.6. The summed E-state index contributed by atoms with van der Waals surface area (Å²) < 4.78 is 46.5. The maximum Gasteiger partial charge on any atom is 0.417 e. The van der Waals surface area contributed by atoms with Gasteiger partial charge in [0.1, 0.15) is 15.5 Å². The van der Waals surface area contributed by atoms with Crippen molar-refractivity contribution in [2.75, 3.05) is 18.2 Å². The van der Waals surface area contributed by atoms with Crippen LogP contribution in [-0.2, 0) is 6.18 Å². The Hall–Kier alpha value is -3.18. The molecule has 3 heterocycles. The van der Waals surface area contributed by atoms with Gasteiger partial charge in [0.2, 0.25) is 0 Å². The molecule has 0 saturated carbocycles. The van der Waals surface area contributed by atoms with E-state index >= 15 is 0 Å². The van der Waals surface area contributed by atoms with Crippen LogP contribution in [0.25, 0.3) is 21.5 Å². The summed E-state index contributed by atoms with van der Waals surface area (Å²) in [5.41, 5.74) is 5.36. The third kappa shape index (κ3) is 3.68. The molecule has 3 N–H and O–H groups in total. The number of alkyl halides is 3. The lowest BCUT2D eigenvalue weighted by Crippen LogP contribution is -2.12. The maximum absolute atomic E-state index is 13.8. The first-order valence-electron chi connectivity index (χ1n) is 8.43. The van der Waals surface area contributed by atoms with Gasteiger partial charge in [-0.3, -0.25) is 10.1 Å². The molecule has 4 aromatic rings. The van der Waals surface area contributed by atoms with Crippen LogP contribution in [0.15, 0.2) is 41.9 Å². The van der Waals surface area contributed by atoms with Crippen LogP contribution in [0.1, 0.15) is 15.2 Å². The molecule has 4 rings (SSSR count). The van der Waals surface area contributed by atoms with E-state index in [1.54, 1.807) is 29.6 Å². The van der Waals surface area contributed by atoms with Gasteiger partial charge in [-0.2, -0.15) is 13.2 Å². The highest BCUT2D eigenvalue weighted by Gasteiger charge is 2.36. The first-order chi connectivity index (χ1) is 14.3. The van der Waals surface area contributed by atoms with E-state index in [1.807, 2.05) is 0 Å². The smallest absolute Gasteiger partial charge is 0.417 e. The fourth-order valence-electron chi connectivity index (χ4n) is 2.86. The van der Waals surface area contributed by atoms with Crippen molar-refractivity contribution in [1.29, 1.82) is 0 Å². The minimum Gasteiger partial charge on any atom is -0.497 e. The highest BCUT2D eigenvalue weighted by atomic mass is 32.1. The number of halogens is 3. The number of thiophene rings is 1. The van der Waals surface area contributed by atoms with Gasteiger partial charge in [-0.05, 0) is 30.3 Å². The molecule has 0 aliphatic heterocycles. The van der Waals surface area contributed by atoms with Crippen molar-refractivity contribution in [3.63, 3.8) is 0 Å². The van der Waals surface area contributed by atoms with Gasteiger partial charge in [-0.25, -0.2) is 9.97 Å². The summed E-state index contributed by atoms with van der Waals surface area (Å²) >= 11 is 1.99. The largest absolute Gasteiger partial charge is 0.497 e. The second kappa shape index (κ2) is 7.58. The predicted octanol–water partition coefficient (Wildman–Crippen LogP) is 5.28. The van der Waals surface area contributed by atoms with Crippen molar-refractivity contribution in [2.24, 2.45) is 0 Å². The number of anilines is 2. The minimum atomic E-state index is -4.68. The lowest BCUT2D eigenvalue weighted by Gasteiger charge is -2.11. The molecule has 0 radical (unpaired) electrons. The quantitative estimate of drug-likeness (QED) is 0.441. The highest BCUT2D eigenvalue weighted by molar-refractivity contribution is 7.21. The number of carbonyl (C=O) groups is 1. The van der Waals surface area contributed by atoms with Crippen LogP contribution < -0.4 is 15.8 Å². The molecular weight excluding hydrogens is 437 g/mol. The molecule has 0 bridgehead atoms. The molecule has 30 heavy (non-hydrogen) atoms. The van der Waals surface area contributed by atoms with Crippen molar-refractivity contribution < 1.29 is 22.7 Å². The van der Waals surface area contributed by atoms with Gasteiger partial charge in [0.25, 0.3) is 5.91 Å². The van der Waals surface area contributed by atoms with Gasteiger partial charge in [-0.1, -0.05) is 0 Å². The molecule has 0 aliphatic carbocycles. The Morgan fingerprint density at radius 1 is 1.23 bits per heavy atom. The summed E-state index contributed by atoms with van der Waals surface area (Å²) in [6.45, 7) is 0. The number of ether oxygens (including phenoxy) is 1. The number of fused-ring (bicyclic) bond motifs is 1. The van der Waals surface area contributed by atoms with Gasteiger partial charge in [0, 0.05) is 22.5 Å². The van der Waals surface area contributed by atoms with Crippen LogP contribution in [0.5, 0.6) is 5.75 Å². The molecule has 0 saturated heterocycles. The van der Waals surface area contributed by atoms with E-state index in [0.717, 1.165) is 17.4 Å². The topological polar surface area (TPSA) is 90.1 Å². The third-order valence-corrected chi connectivity index (χ3v) is 6.04. The summed E-state index contributed by atoms with van der Waals surface area (Å²) in [5.74, 6) is -0.0676.